The van der Waals surface area contributed by atoms with Crippen molar-refractivity contribution in [3.05, 3.63) is 0 Å². The second-order valence-electron chi connectivity index (χ2n) is 6.35. The first kappa shape index (κ1) is 22.4. The Kier molecular flexibility index (Phi) is 9.28. The van der Waals surface area contributed by atoms with Crippen LogP contribution in [0.2, 0.25) is 0 Å². The van der Waals surface area contributed by atoms with Gasteiger partial charge in [-0.1, -0.05) is 31.9 Å². The Morgan fingerprint density at radius 2 is 1.08 bits per heavy atom. The van der Waals surface area contributed by atoms with E-state index in [1.165, 1.54) is 0 Å². The van der Waals surface area contributed by atoms with E-state index < -0.39 is 12.1 Å². The van der Waals surface area contributed by atoms with Crippen LogP contribution in [0, 0.1) is 0 Å². The van der Waals surface area contributed by atoms with Crippen LogP contribution in [0.1, 0.15) is 25.7 Å². The Labute approximate surface area is 171 Å². The third-order valence-electron chi connectivity index (χ3n) is 4.75. The summed E-state index contributed by atoms with van der Waals surface area (Å²) in [6.45, 7) is 1.65. The average molecular weight is 511 g/mol. The van der Waals surface area contributed by atoms with Gasteiger partial charge in [-0.15, -0.1) is 24.8 Å². The van der Waals surface area contributed by atoms with Gasteiger partial charge in [0.1, 0.15) is 12.1 Å². The molecule has 6 nitrogen and oxygen atoms in total. The number of piperazine rings is 1. The molecule has 6 unspecified atom stereocenters. The van der Waals surface area contributed by atoms with Crippen molar-refractivity contribution in [2.45, 2.75) is 59.5 Å². The Morgan fingerprint density at radius 3 is 1.38 bits per heavy atom. The Hall–Kier alpha value is 0.400. The molecule has 0 radical (unpaired) electrons. The second-order valence-corrected chi connectivity index (χ2v) is 8.94. The molecular weight excluding hydrogens is 487 g/mol. The molecule has 3 saturated heterocycles. The maximum Gasteiger partial charge on any atom is 0.244 e. The number of hydrogen-bond donors (Lipinski definition) is 4. The molecule has 3 aliphatic heterocycles. The number of carbonyl (C=O) groups excluding carboxylic acids is 2. The number of piperidine rings is 2. The number of alkyl halides is 2. The van der Waals surface area contributed by atoms with Gasteiger partial charge < -0.3 is 21.3 Å². The maximum absolute atomic E-state index is 12.4. The summed E-state index contributed by atoms with van der Waals surface area (Å²) in [5.41, 5.74) is 0. The van der Waals surface area contributed by atoms with Gasteiger partial charge in [0.2, 0.25) is 11.8 Å². The standard InChI is InChI=1S/C14H22Br2N4O2.2ClH/c15-7-1-3-9(17-5-7)11-13(21)20-12(14(22)19-11)10-4-2-8(16)6-18-10;;/h7-12,17-18H,1-6H2,(H,19,22)(H,20,21);2*1H. The minimum Gasteiger partial charge on any atom is -0.341 e. The molecule has 2 amide bonds. The van der Waals surface area contributed by atoms with Crippen molar-refractivity contribution in [1.82, 2.24) is 21.3 Å². The third kappa shape index (κ3) is 5.20. The maximum atomic E-state index is 12.4. The molecule has 0 bridgehead atoms. The number of amides is 2. The molecule has 6 atom stereocenters. The molecule has 0 aromatic heterocycles. The predicted octanol–water partition coefficient (Wildman–Crippen LogP) is 0.844. The zero-order chi connectivity index (χ0) is 15.7. The summed E-state index contributed by atoms with van der Waals surface area (Å²) in [6, 6.07) is -0.887. The molecule has 0 saturated carbocycles. The van der Waals surface area contributed by atoms with Crippen LogP contribution < -0.4 is 21.3 Å². The number of hydrogen-bond acceptors (Lipinski definition) is 4. The van der Waals surface area contributed by atoms with Crippen LogP contribution in [-0.2, 0) is 9.59 Å². The molecule has 140 valence electrons. The van der Waals surface area contributed by atoms with Gasteiger partial charge in [-0.25, -0.2) is 0 Å². The van der Waals surface area contributed by atoms with Crippen LogP contribution in [0.5, 0.6) is 0 Å². The number of nitrogens with one attached hydrogen (secondary N) is 4. The summed E-state index contributed by atoms with van der Waals surface area (Å²) in [5, 5.41) is 12.5. The molecule has 0 aromatic rings. The summed E-state index contributed by atoms with van der Waals surface area (Å²) in [4.78, 5) is 25.7. The monoisotopic (exact) mass is 508 g/mol. The highest BCUT2D eigenvalue weighted by atomic mass is 79.9. The van der Waals surface area contributed by atoms with Gasteiger partial charge in [-0.2, -0.15) is 0 Å². The molecule has 3 rings (SSSR count). The fraction of sp³-hybridized carbons (Fsp3) is 0.857. The molecule has 24 heavy (non-hydrogen) atoms. The zero-order valence-electron chi connectivity index (χ0n) is 13.1. The molecule has 10 heteroatoms. The van der Waals surface area contributed by atoms with Gasteiger partial charge in [-0.3, -0.25) is 9.59 Å². The molecular formula is C14H24Br2Cl2N4O2. The number of carbonyl (C=O) groups is 2. The van der Waals surface area contributed by atoms with Crippen molar-refractivity contribution in [2.75, 3.05) is 13.1 Å². The van der Waals surface area contributed by atoms with Gasteiger partial charge in [0.25, 0.3) is 0 Å². The third-order valence-corrected chi connectivity index (χ3v) is 6.31. The van der Waals surface area contributed by atoms with Crippen LogP contribution in [-0.4, -0.2) is 58.7 Å². The summed E-state index contributed by atoms with van der Waals surface area (Å²) >= 11 is 7.14. The van der Waals surface area contributed by atoms with Crippen molar-refractivity contribution in [3.8, 4) is 0 Å². The lowest BCUT2D eigenvalue weighted by Gasteiger charge is -2.40. The molecule has 3 heterocycles. The quantitative estimate of drug-likeness (QED) is 0.415. The van der Waals surface area contributed by atoms with E-state index in [2.05, 4.69) is 53.1 Å². The molecule has 4 N–H and O–H groups in total. The van der Waals surface area contributed by atoms with Crippen molar-refractivity contribution < 1.29 is 9.59 Å². The van der Waals surface area contributed by atoms with E-state index in [0.717, 1.165) is 38.8 Å². The highest BCUT2D eigenvalue weighted by Crippen LogP contribution is 2.21. The van der Waals surface area contributed by atoms with E-state index in [-0.39, 0.29) is 48.7 Å². The summed E-state index contributed by atoms with van der Waals surface area (Å²) < 4.78 is 0. The first-order chi connectivity index (χ1) is 10.5. The van der Waals surface area contributed by atoms with Gasteiger partial charge in [-0.05, 0) is 25.7 Å². The van der Waals surface area contributed by atoms with Crippen LogP contribution in [0.15, 0.2) is 0 Å². The van der Waals surface area contributed by atoms with Crippen molar-refractivity contribution in [1.29, 1.82) is 0 Å². The molecule has 0 aromatic carbocycles. The van der Waals surface area contributed by atoms with Crippen molar-refractivity contribution >= 4 is 68.5 Å². The van der Waals surface area contributed by atoms with Crippen LogP contribution in [0.25, 0.3) is 0 Å². The Balaban J connectivity index is 0.00000144. The summed E-state index contributed by atoms with van der Waals surface area (Å²) in [7, 11) is 0. The van der Waals surface area contributed by atoms with E-state index in [4.69, 9.17) is 0 Å². The SMILES string of the molecule is Cl.Cl.O=C1NC(C2CCC(Br)CN2)C(=O)NC1C1CCC(Br)CN1. The minimum atomic E-state index is -0.462. The summed E-state index contributed by atoms with van der Waals surface area (Å²) in [5.74, 6) is -0.143. The summed E-state index contributed by atoms with van der Waals surface area (Å²) in [6.07, 6.45) is 3.78. The highest BCUT2D eigenvalue weighted by molar-refractivity contribution is 9.09. The lowest BCUT2D eigenvalue weighted by atomic mass is 9.91. The first-order valence-electron chi connectivity index (χ1n) is 7.90. The number of halogens is 4. The number of rotatable bonds is 2. The Morgan fingerprint density at radius 1 is 0.708 bits per heavy atom. The van der Waals surface area contributed by atoms with Crippen molar-refractivity contribution in [2.24, 2.45) is 0 Å². The second kappa shape index (κ2) is 9.92. The van der Waals surface area contributed by atoms with E-state index in [0.29, 0.717) is 9.65 Å². The van der Waals surface area contributed by atoms with Gasteiger partial charge in [0.05, 0.1) is 0 Å². The first-order valence-corrected chi connectivity index (χ1v) is 9.73. The Bertz CT molecular complexity index is 404. The topological polar surface area (TPSA) is 82.3 Å². The largest absolute Gasteiger partial charge is 0.341 e. The van der Waals surface area contributed by atoms with E-state index in [1.807, 2.05) is 0 Å². The zero-order valence-corrected chi connectivity index (χ0v) is 17.9. The fourth-order valence-electron chi connectivity index (χ4n) is 3.44. The lowest BCUT2D eigenvalue weighted by Crippen LogP contribution is -2.71. The molecule has 0 spiro atoms. The van der Waals surface area contributed by atoms with Crippen molar-refractivity contribution in [3.63, 3.8) is 0 Å². The van der Waals surface area contributed by atoms with Crippen LogP contribution >= 0.6 is 56.7 Å². The van der Waals surface area contributed by atoms with E-state index >= 15 is 0 Å². The van der Waals surface area contributed by atoms with Crippen LogP contribution in [0.3, 0.4) is 0 Å². The average Bonchev–Trinajstić information content (AvgIpc) is 2.51. The van der Waals surface area contributed by atoms with Gasteiger partial charge >= 0.3 is 0 Å². The molecule has 3 fully saturated rings. The highest BCUT2D eigenvalue weighted by Gasteiger charge is 2.42. The fourth-order valence-corrected chi connectivity index (χ4v) is 4.34. The van der Waals surface area contributed by atoms with Crippen LogP contribution in [0.4, 0.5) is 0 Å². The normalized spacial score (nSPS) is 39.8. The predicted molar refractivity (Wildman–Crippen MR) is 106 cm³/mol. The lowest BCUT2D eigenvalue weighted by molar-refractivity contribution is -0.138. The van der Waals surface area contributed by atoms with Gasteiger partial charge in [0.15, 0.2) is 0 Å². The molecule has 0 aliphatic carbocycles. The van der Waals surface area contributed by atoms with Gasteiger partial charge in [0, 0.05) is 34.8 Å². The smallest absolute Gasteiger partial charge is 0.244 e. The van der Waals surface area contributed by atoms with E-state index in [9.17, 15) is 9.59 Å². The minimum absolute atomic E-state index is 0. The van der Waals surface area contributed by atoms with E-state index in [1.54, 1.807) is 0 Å². The molecule has 3 aliphatic rings.